The highest BCUT2D eigenvalue weighted by molar-refractivity contribution is 8.15. The molecular weight excluding hydrogens is 619 g/mol. The van der Waals surface area contributed by atoms with Crippen LogP contribution in [0.1, 0.15) is 58.2 Å². The molecule has 0 N–H and O–H groups in total. The van der Waals surface area contributed by atoms with E-state index in [1.165, 1.54) is 0 Å². The smallest absolute Gasteiger partial charge is 0.182 e. The second-order valence-corrected chi connectivity index (χ2v) is 16.0. The molecule has 0 aromatic carbocycles. The molecule has 3 aliphatic rings. The predicted molar refractivity (Wildman–Crippen MR) is 189 cm³/mol. The number of rotatable bonds is 6. The summed E-state index contributed by atoms with van der Waals surface area (Å²) in [7, 11) is 0. The molecular formula is C33H33N9S3. The fourth-order valence-corrected chi connectivity index (χ4v) is 8.34. The molecule has 7 heterocycles. The topological polar surface area (TPSA) is 114 Å². The average Bonchev–Trinajstić information content (AvgIpc) is 3.71. The summed E-state index contributed by atoms with van der Waals surface area (Å²) in [6, 6.07) is 11.9. The highest BCUT2D eigenvalue weighted by atomic mass is 32.2. The Balaban J connectivity index is 1.25. The number of aromatic nitrogens is 6. The molecule has 7 rings (SSSR count). The van der Waals surface area contributed by atoms with Crippen LogP contribution in [0, 0.1) is 0 Å². The molecule has 4 aromatic rings. The van der Waals surface area contributed by atoms with Crippen molar-refractivity contribution >= 4 is 50.4 Å². The van der Waals surface area contributed by atoms with E-state index in [0.29, 0.717) is 34.6 Å². The minimum Gasteiger partial charge on any atom is -0.271 e. The first kappa shape index (κ1) is 30.2. The molecule has 3 aliphatic heterocycles. The van der Waals surface area contributed by atoms with Crippen molar-refractivity contribution in [3.8, 4) is 34.6 Å². The van der Waals surface area contributed by atoms with Crippen molar-refractivity contribution in [2.75, 3.05) is 17.3 Å². The van der Waals surface area contributed by atoms with Crippen molar-refractivity contribution in [1.82, 2.24) is 29.9 Å². The van der Waals surface area contributed by atoms with Gasteiger partial charge in [-0.1, -0.05) is 0 Å². The van der Waals surface area contributed by atoms with Gasteiger partial charge in [0.25, 0.3) is 0 Å². The maximum Gasteiger partial charge on any atom is 0.182 e. The molecule has 0 fully saturated rings. The van der Waals surface area contributed by atoms with Crippen LogP contribution in [0.3, 0.4) is 0 Å². The maximum atomic E-state index is 4.85. The van der Waals surface area contributed by atoms with E-state index in [-0.39, 0.29) is 16.6 Å². The molecule has 0 unspecified atom stereocenters. The Labute approximate surface area is 275 Å². The molecule has 0 saturated carbocycles. The number of nitrogens with zero attached hydrogens (tertiary/aromatic N) is 9. The standard InChI is InChI=1S/C33H33N9S3/c1-31(2)16-43-28(40-31)19-7-10-22(34-13-19)25-37-26(23-11-8-20(14-35-23)29-41-32(3,4)17-44-29)39-27(38-25)24-12-9-21(15-36-24)30-42-33(5,6)18-45-30/h7-15H,16-18H2,1-6H3. The Morgan fingerprint density at radius 1 is 0.444 bits per heavy atom. The summed E-state index contributed by atoms with van der Waals surface area (Å²) in [5, 5.41) is 3.02. The summed E-state index contributed by atoms with van der Waals surface area (Å²) in [6.07, 6.45) is 5.53. The molecule has 0 spiro atoms. The van der Waals surface area contributed by atoms with Gasteiger partial charge in [-0.15, -0.1) is 35.3 Å². The molecule has 0 amide bonds. The van der Waals surface area contributed by atoms with E-state index < -0.39 is 0 Å². The Kier molecular flexibility index (Phi) is 7.65. The van der Waals surface area contributed by atoms with Crippen LogP contribution in [0.15, 0.2) is 70.0 Å². The second kappa shape index (κ2) is 11.4. The van der Waals surface area contributed by atoms with Gasteiger partial charge >= 0.3 is 0 Å². The second-order valence-electron chi connectivity index (χ2n) is 13.2. The molecule has 0 atom stereocenters. The Morgan fingerprint density at radius 2 is 0.733 bits per heavy atom. The molecule has 45 heavy (non-hydrogen) atoms. The molecule has 0 radical (unpaired) electrons. The maximum absolute atomic E-state index is 4.85. The summed E-state index contributed by atoms with van der Waals surface area (Å²) in [5.74, 6) is 4.22. The number of hydrogen-bond donors (Lipinski definition) is 0. The van der Waals surface area contributed by atoms with Gasteiger partial charge in [-0.2, -0.15) is 0 Å². The summed E-state index contributed by atoms with van der Waals surface area (Å²) >= 11 is 5.27. The molecule has 0 bridgehead atoms. The number of pyridine rings is 3. The highest BCUT2D eigenvalue weighted by Crippen LogP contribution is 2.33. The lowest BCUT2D eigenvalue weighted by atomic mass is 10.1. The van der Waals surface area contributed by atoms with Crippen molar-refractivity contribution in [3.63, 3.8) is 0 Å². The quantitative estimate of drug-likeness (QED) is 0.220. The van der Waals surface area contributed by atoms with Gasteiger partial charge in [0, 0.05) is 52.5 Å². The van der Waals surface area contributed by atoms with Gasteiger partial charge in [0.1, 0.15) is 17.1 Å². The van der Waals surface area contributed by atoms with Crippen LogP contribution in [0.2, 0.25) is 0 Å². The van der Waals surface area contributed by atoms with Crippen molar-refractivity contribution in [2.45, 2.75) is 58.2 Å². The van der Waals surface area contributed by atoms with Gasteiger partial charge in [0.05, 0.1) is 31.7 Å². The number of thioether (sulfide) groups is 3. The van der Waals surface area contributed by atoms with Crippen LogP contribution in [-0.4, -0.2) is 78.9 Å². The summed E-state index contributed by atoms with van der Waals surface area (Å²) in [5.41, 5.74) is 4.68. The van der Waals surface area contributed by atoms with E-state index >= 15 is 0 Å². The predicted octanol–water partition coefficient (Wildman–Crippen LogP) is 6.87. The van der Waals surface area contributed by atoms with Crippen LogP contribution in [0.4, 0.5) is 0 Å². The van der Waals surface area contributed by atoms with Crippen LogP contribution < -0.4 is 0 Å². The SMILES string of the molecule is CC1(C)CSC(c2ccc(-c3nc(-c4ccc(C5=NC(C)(C)CS5)cn4)nc(-c4ccc(C5=NC(C)(C)CS5)cn4)n3)nc2)=N1. The van der Waals surface area contributed by atoms with Crippen molar-refractivity contribution in [2.24, 2.45) is 15.0 Å². The van der Waals surface area contributed by atoms with Crippen molar-refractivity contribution < 1.29 is 0 Å². The molecule has 228 valence electrons. The first-order valence-corrected chi connectivity index (χ1v) is 17.7. The Hall–Kier alpha value is -3.48. The average molecular weight is 652 g/mol. The van der Waals surface area contributed by atoms with E-state index in [4.69, 9.17) is 44.9 Å². The first-order chi connectivity index (χ1) is 21.4. The Morgan fingerprint density at radius 3 is 0.933 bits per heavy atom. The lowest BCUT2D eigenvalue weighted by molar-refractivity contribution is 0.605. The van der Waals surface area contributed by atoms with Gasteiger partial charge in [0.2, 0.25) is 0 Å². The summed E-state index contributed by atoms with van der Waals surface area (Å²) < 4.78 is 0. The third-order valence-electron chi connectivity index (χ3n) is 7.25. The lowest BCUT2D eigenvalue weighted by Crippen LogP contribution is -2.15. The lowest BCUT2D eigenvalue weighted by Gasteiger charge is -2.10. The monoisotopic (exact) mass is 651 g/mol. The number of aliphatic imine (C=N–C) groups is 3. The molecule has 4 aromatic heterocycles. The fourth-order valence-electron chi connectivity index (χ4n) is 4.87. The third kappa shape index (κ3) is 6.59. The van der Waals surface area contributed by atoms with Gasteiger partial charge in [-0.3, -0.25) is 29.9 Å². The fraction of sp³-hybridized carbons (Fsp3) is 0.364. The van der Waals surface area contributed by atoms with E-state index in [1.54, 1.807) is 35.3 Å². The van der Waals surface area contributed by atoms with Gasteiger partial charge in [-0.05, 0) is 77.9 Å². The Bertz CT molecular complexity index is 1630. The minimum absolute atomic E-state index is 0.0692. The normalized spacial score (nSPS) is 19.7. The van der Waals surface area contributed by atoms with E-state index in [1.807, 2.05) is 55.0 Å². The zero-order chi connectivity index (χ0) is 31.4. The van der Waals surface area contributed by atoms with Crippen LogP contribution in [0.5, 0.6) is 0 Å². The largest absolute Gasteiger partial charge is 0.271 e. The van der Waals surface area contributed by atoms with E-state index in [2.05, 4.69) is 41.5 Å². The zero-order valence-corrected chi connectivity index (χ0v) is 28.5. The third-order valence-corrected chi connectivity index (χ3v) is 11.6. The molecule has 12 heteroatoms. The van der Waals surface area contributed by atoms with E-state index in [9.17, 15) is 0 Å². The summed E-state index contributed by atoms with van der Waals surface area (Å²) in [4.78, 5) is 43.3. The zero-order valence-electron chi connectivity index (χ0n) is 26.1. The number of hydrogen-bond acceptors (Lipinski definition) is 12. The molecule has 0 saturated heterocycles. The van der Waals surface area contributed by atoms with Gasteiger partial charge < -0.3 is 0 Å². The highest BCUT2D eigenvalue weighted by Gasteiger charge is 2.28. The summed E-state index contributed by atoms with van der Waals surface area (Å²) in [6.45, 7) is 12.9. The minimum atomic E-state index is -0.0692. The van der Waals surface area contributed by atoms with Crippen LogP contribution in [0.25, 0.3) is 34.6 Å². The van der Waals surface area contributed by atoms with Gasteiger partial charge in [0.15, 0.2) is 17.5 Å². The molecule has 0 aliphatic carbocycles. The van der Waals surface area contributed by atoms with Gasteiger partial charge in [-0.25, -0.2) is 15.0 Å². The van der Waals surface area contributed by atoms with Crippen molar-refractivity contribution in [1.29, 1.82) is 0 Å². The van der Waals surface area contributed by atoms with Crippen LogP contribution in [-0.2, 0) is 0 Å². The van der Waals surface area contributed by atoms with Crippen molar-refractivity contribution in [3.05, 3.63) is 71.7 Å². The van der Waals surface area contributed by atoms with E-state index in [0.717, 1.165) is 49.1 Å². The molecule has 9 nitrogen and oxygen atoms in total. The first-order valence-electron chi connectivity index (χ1n) is 14.8. The van der Waals surface area contributed by atoms with Crippen LogP contribution >= 0.6 is 35.3 Å².